The van der Waals surface area contributed by atoms with Gasteiger partial charge >= 0.3 is 0 Å². The molecule has 0 aliphatic heterocycles. The van der Waals surface area contributed by atoms with Crippen LogP contribution in [0.3, 0.4) is 0 Å². The van der Waals surface area contributed by atoms with Crippen LogP contribution in [0.25, 0.3) is 16.7 Å². The molecule has 4 aromatic rings. The predicted molar refractivity (Wildman–Crippen MR) is 121 cm³/mol. The molecule has 0 fully saturated rings. The zero-order valence-corrected chi connectivity index (χ0v) is 18.3. The highest BCUT2D eigenvalue weighted by Gasteiger charge is 2.18. The largest absolute Gasteiger partial charge is 0.293 e. The first-order chi connectivity index (χ1) is 14.5. The third-order valence-electron chi connectivity index (χ3n) is 4.91. The van der Waals surface area contributed by atoms with E-state index in [2.05, 4.69) is 24.0 Å². The van der Waals surface area contributed by atoms with Gasteiger partial charge in [0.1, 0.15) is 0 Å². The minimum atomic E-state index is -0.0695. The number of rotatable bonds is 7. The van der Waals surface area contributed by atoms with Gasteiger partial charge < -0.3 is 0 Å². The highest BCUT2D eigenvalue weighted by molar-refractivity contribution is 7.99. The number of hydrogen-bond acceptors (Lipinski definition) is 5. The Morgan fingerprint density at radius 1 is 1.10 bits per heavy atom. The molecular weight excluding hydrogens is 420 g/mol. The molecule has 0 amide bonds. The fraction of sp³-hybridized carbons (Fsp3) is 0.273. The molecule has 0 atom stereocenters. The Balaban J connectivity index is 1.73. The lowest BCUT2D eigenvalue weighted by atomic mass is 10.1. The number of carbonyl (C=O) groups is 1. The molecule has 0 aliphatic rings. The molecule has 6 nitrogen and oxygen atoms in total. The molecular formula is C22H21ClN4O2S. The number of aromatic nitrogens is 4. The van der Waals surface area contributed by atoms with Gasteiger partial charge in [0.15, 0.2) is 10.9 Å². The fourth-order valence-electron chi connectivity index (χ4n) is 3.27. The van der Waals surface area contributed by atoms with Gasteiger partial charge in [0.2, 0.25) is 5.78 Å². The van der Waals surface area contributed by atoms with Crippen molar-refractivity contribution >= 4 is 45.8 Å². The van der Waals surface area contributed by atoms with Crippen LogP contribution in [0.15, 0.2) is 58.5 Å². The summed E-state index contributed by atoms with van der Waals surface area (Å²) in [5, 5.41) is 10.4. The number of ketones is 1. The molecule has 0 spiro atoms. The fourth-order valence-corrected chi connectivity index (χ4v) is 4.23. The van der Waals surface area contributed by atoms with Crippen LogP contribution in [-0.4, -0.2) is 30.7 Å². The highest BCUT2D eigenvalue weighted by Crippen LogP contribution is 2.23. The summed E-state index contributed by atoms with van der Waals surface area (Å²) < 4.78 is 3.55. The maximum atomic E-state index is 13.1. The standard InChI is InChI=1S/C22H21ClN4O2S/c1-14(2)11-12-26-20(29)17-5-3-4-6-18(17)27-21(26)24-25-22(27)30-13-19(28)15-7-9-16(23)10-8-15/h3-10,14H,11-13H2,1-2H3. The van der Waals surface area contributed by atoms with Gasteiger partial charge in [0, 0.05) is 17.1 Å². The molecule has 2 heterocycles. The van der Waals surface area contributed by atoms with Crippen LogP contribution in [0.4, 0.5) is 0 Å². The molecule has 0 N–H and O–H groups in total. The van der Waals surface area contributed by atoms with E-state index >= 15 is 0 Å². The van der Waals surface area contributed by atoms with Gasteiger partial charge in [-0.15, -0.1) is 10.2 Å². The summed E-state index contributed by atoms with van der Waals surface area (Å²) in [6.45, 7) is 4.81. The number of carbonyl (C=O) groups excluding carboxylic acids is 1. The number of aryl methyl sites for hydroxylation is 1. The van der Waals surface area contributed by atoms with Crippen LogP contribution in [0.5, 0.6) is 0 Å². The second kappa shape index (κ2) is 8.62. The summed E-state index contributed by atoms with van der Waals surface area (Å²) in [7, 11) is 0. The smallest absolute Gasteiger partial charge is 0.262 e. The Labute approximate surface area is 182 Å². The van der Waals surface area contributed by atoms with E-state index in [9.17, 15) is 9.59 Å². The number of Topliss-reactive ketones (excluding diaryl/α,β-unsaturated/α-hetero) is 1. The molecule has 0 radical (unpaired) electrons. The van der Waals surface area contributed by atoms with E-state index in [0.717, 1.165) is 11.9 Å². The molecule has 0 unspecified atom stereocenters. The van der Waals surface area contributed by atoms with Crippen molar-refractivity contribution in [2.24, 2.45) is 5.92 Å². The van der Waals surface area contributed by atoms with Crippen molar-refractivity contribution in [3.63, 3.8) is 0 Å². The molecule has 8 heteroatoms. The van der Waals surface area contributed by atoms with Gasteiger partial charge in [-0.05, 0) is 48.7 Å². The zero-order valence-electron chi connectivity index (χ0n) is 16.7. The first-order valence-electron chi connectivity index (χ1n) is 9.74. The van der Waals surface area contributed by atoms with Crippen LogP contribution >= 0.6 is 23.4 Å². The van der Waals surface area contributed by atoms with E-state index in [1.807, 2.05) is 28.7 Å². The lowest BCUT2D eigenvalue weighted by molar-refractivity contribution is 0.102. The van der Waals surface area contributed by atoms with Crippen molar-refractivity contribution in [1.82, 2.24) is 19.2 Å². The monoisotopic (exact) mass is 440 g/mol. The second-order valence-corrected chi connectivity index (χ2v) is 8.87. The van der Waals surface area contributed by atoms with Gasteiger partial charge in [0.25, 0.3) is 5.56 Å². The molecule has 0 bridgehead atoms. The summed E-state index contributed by atoms with van der Waals surface area (Å²) in [5.74, 6) is 1.14. The van der Waals surface area contributed by atoms with Crippen LogP contribution in [0.1, 0.15) is 30.6 Å². The summed E-state index contributed by atoms with van der Waals surface area (Å²) in [5.41, 5.74) is 1.27. The van der Waals surface area contributed by atoms with E-state index < -0.39 is 0 Å². The normalized spacial score (nSPS) is 11.6. The van der Waals surface area contributed by atoms with Gasteiger partial charge in [0.05, 0.1) is 16.7 Å². The predicted octanol–water partition coefficient (Wildman–Crippen LogP) is 4.72. The van der Waals surface area contributed by atoms with Crippen LogP contribution in [0, 0.1) is 5.92 Å². The molecule has 2 aromatic carbocycles. The number of fused-ring (bicyclic) bond motifs is 3. The Hall–Kier alpha value is -2.64. The average molecular weight is 441 g/mol. The quantitative estimate of drug-likeness (QED) is 0.307. The first kappa shape index (κ1) is 20.6. The number of thioether (sulfide) groups is 1. The number of para-hydroxylation sites is 1. The second-order valence-electron chi connectivity index (χ2n) is 7.49. The lowest BCUT2D eigenvalue weighted by Crippen LogP contribution is -2.24. The lowest BCUT2D eigenvalue weighted by Gasteiger charge is -2.12. The van der Waals surface area contributed by atoms with Crippen LogP contribution in [-0.2, 0) is 6.54 Å². The van der Waals surface area contributed by atoms with Crippen molar-refractivity contribution in [2.75, 3.05) is 5.75 Å². The average Bonchev–Trinajstić information content (AvgIpc) is 3.16. The summed E-state index contributed by atoms with van der Waals surface area (Å²) in [6.07, 6.45) is 0.859. The highest BCUT2D eigenvalue weighted by atomic mass is 35.5. The Bertz CT molecular complexity index is 1280. The maximum Gasteiger partial charge on any atom is 0.262 e. The summed E-state index contributed by atoms with van der Waals surface area (Å²) in [6, 6.07) is 14.3. The third-order valence-corrected chi connectivity index (χ3v) is 6.09. The SMILES string of the molecule is CC(C)CCn1c(=O)c2ccccc2n2c(SCC(=O)c3ccc(Cl)cc3)nnc12. The number of nitrogens with zero attached hydrogens (tertiary/aromatic N) is 4. The first-order valence-corrected chi connectivity index (χ1v) is 11.1. The third kappa shape index (κ3) is 4.00. The molecule has 154 valence electrons. The Kier molecular flexibility index (Phi) is 5.92. The maximum absolute atomic E-state index is 13.1. The molecule has 2 aromatic heterocycles. The van der Waals surface area contributed by atoms with Crippen LogP contribution < -0.4 is 5.56 Å². The van der Waals surface area contributed by atoms with E-state index in [4.69, 9.17) is 11.6 Å². The van der Waals surface area contributed by atoms with Crippen molar-refractivity contribution in [1.29, 1.82) is 0 Å². The van der Waals surface area contributed by atoms with Crippen molar-refractivity contribution in [3.05, 3.63) is 69.5 Å². The molecule has 0 saturated carbocycles. The number of halogens is 1. The Morgan fingerprint density at radius 2 is 1.83 bits per heavy atom. The Morgan fingerprint density at radius 3 is 2.57 bits per heavy atom. The van der Waals surface area contributed by atoms with Gasteiger partial charge in [-0.3, -0.25) is 18.6 Å². The molecule has 0 aliphatic carbocycles. The van der Waals surface area contributed by atoms with E-state index in [1.165, 1.54) is 11.8 Å². The van der Waals surface area contributed by atoms with E-state index in [1.54, 1.807) is 28.8 Å². The van der Waals surface area contributed by atoms with E-state index in [0.29, 0.717) is 39.4 Å². The van der Waals surface area contributed by atoms with Gasteiger partial charge in [-0.1, -0.05) is 49.3 Å². The zero-order chi connectivity index (χ0) is 21.3. The minimum Gasteiger partial charge on any atom is -0.293 e. The summed E-state index contributed by atoms with van der Waals surface area (Å²) >= 11 is 7.21. The van der Waals surface area contributed by atoms with Gasteiger partial charge in [-0.2, -0.15) is 0 Å². The summed E-state index contributed by atoms with van der Waals surface area (Å²) in [4.78, 5) is 25.6. The van der Waals surface area contributed by atoms with Crippen molar-refractivity contribution in [3.8, 4) is 0 Å². The van der Waals surface area contributed by atoms with Crippen molar-refractivity contribution in [2.45, 2.75) is 32.0 Å². The molecule has 0 saturated heterocycles. The minimum absolute atomic E-state index is 0.0224. The van der Waals surface area contributed by atoms with E-state index in [-0.39, 0.29) is 17.1 Å². The molecule has 30 heavy (non-hydrogen) atoms. The topological polar surface area (TPSA) is 69.3 Å². The van der Waals surface area contributed by atoms with Gasteiger partial charge in [-0.25, -0.2) is 0 Å². The number of hydrogen-bond donors (Lipinski definition) is 0. The van der Waals surface area contributed by atoms with Crippen molar-refractivity contribution < 1.29 is 4.79 Å². The number of benzene rings is 2. The van der Waals surface area contributed by atoms with Crippen LogP contribution in [0.2, 0.25) is 5.02 Å². The molecule has 4 rings (SSSR count).